The van der Waals surface area contributed by atoms with Crippen LogP contribution in [0.25, 0.3) is 0 Å². The highest BCUT2D eigenvalue weighted by Gasteiger charge is 2.70. The molecule has 0 radical (unpaired) electrons. The van der Waals surface area contributed by atoms with E-state index in [0.717, 1.165) is 6.42 Å². The fourth-order valence-corrected chi connectivity index (χ4v) is 4.63. The molecule has 4 rings (SSSR count). The maximum atomic E-state index is 12.5. The number of rotatable bonds is 6. The largest absolute Gasteiger partial charge is 0.348 e. The van der Waals surface area contributed by atoms with Crippen molar-refractivity contribution in [2.45, 2.75) is 108 Å². The molecule has 4 aliphatic heterocycles. The minimum absolute atomic E-state index is 0.174. The Balaban J connectivity index is 1.52. The lowest BCUT2D eigenvalue weighted by atomic mass is 9.97. The highest BCUT2D eigenvalue weighted by Crippen LogP contribution is 2.50. The van der Waals surface area contributed by atoms with Crippen LogP contribution >= 0.6 is 0 Å². The van der Waals surface area contributed by atoms with Crippen molar-refractivity contribution in [3.8, 4) is 0 Å². The van der Waals surface area contributed by atoms with E-state index in [1.54, 1.807) is 0 Å². The maximum Gasteiger partial charge on any atom is 0.230 e. The normalized spacial score (nSPS) is 42.2. The van der Waals surface area contributed by atoms with Gasteiger partial charge in [0.25, 0.3) is 0 Å². The number of carbonyl (C=O) groups is 1. The second-order valence-corrected chi connectivity index (χ2v) is 9.30. The van der Waals surface area contributed by atoms with E-state index in [1.807, 2.05) is 46.8 Å². The Morgan fingerprint density at radius 3 is 2.50 bits per heavy atom. The van der Waals surface area contributed by atoms with Crippen LogP contribution in [-0.4, -0.2) is 67.1 Å². The molecule has 4 heterocycles. The Labute approximate surface area is 178 Å². The van der Waals surface area contributed by atoms with Crippen LogP contribution in [0.15, 0.2) is 12.2 Å². The first-order valence-electron chi connectivity index (χ1n) is 10.9. The van der Waals surface area contributed by atoms with Crippen LogP contribution in [0.1, 0.15) is 60.3 Å². The van der Waals surface area contributed by atoms with Crippen molar-refractivity contribution in [1.29, 1.82) is 0 Å². The second kappa shape index (κ2) is 8.24. The summed E-state index contributed by atoms with van der Waals surface area (Å²) in [6.45, 7) is 10.1. The molecule has 0 amide bonds. The quantitative estimate of drug-likeness (QED) is 0.600. The summed E-state index contributed by atoms with van der Waals surface area (Å²) in [4.78, 5) is 12.5. The average molecular weight is 427 g/mol. The van der Waals surface area contributed by atoms with Crippen LogP contribution in [0.2, 0.25) is 0 Å². The summed E-state index contributed by atoms with van der Waals surface area (Å²) in [6.07, 6.45) is 3.70. The third-order valence-electron chi connectivity index (χ3n) is 5.90. The first kappa shape index (κ1) is 22.3. The zero-order chi connectivity index (χ0) is 21.6. The molecule has 0 aromatic heterocycles. The van der Waals surface area contributed by atoms with E-state index in [1.165, 1.54) is 0 Å². The summed E-state index contributed by atoms with van der Waals surface area (Å²) in [7, 11) is 0. The van der Waals surface area contributed by atoms with E-state index in [0.29, 0.717) is 32.5 Å². The molecular weight excluding hydrogens is 392 g/mol. The van der Waals surface area contributed by atoms with Gasteiger partial charge in [-0.1, -0.05) is 12.2 Å². The van der Waals surface area contributed by atoms with Gasteiger partial charge in [-0.15, -0.1) is 0 Å². The first-order valence-corrected chi connectivity index (χ1v) is 10.9. The number of allylic oxidation sites excluding steroid dienone is 2. The number of ketones is 1. The van der Waals surface area contributed by atoms with Crippen LogP contribution < -0.4 is 0 Å². The summed E-state index contributed by atoms with van der Waals surface area (Å²) in [5, 5.41) is 0. The van der Waals surface area contributed by atoms with Crippen LogP contribution in [0.4, 0.5) is 0 Å². The number of carbonyl (C=O) groups excluding carboxylic acids is 1. The molecule has 0 saturated carbocycles. The summed E-state index contributed by atoms with van der Waals surface area (Å²) in [5.74, 6) is -2.57. The molecule has 170 valence electrons. The van der Waals surface area contributed by atoms with Crippen LogP contribution in [-0.2, 0) is 38.0 Å². The SMILES string of the molecule is C/C=C/CCC(=O)C[C@@H]1CCO[C@@]2(O1)[C@@H]([C@H]1COC(C)(C)O1)O[C@@H]1OC(C)(C)O[C@@H]12. The van der Waals surface area contributed by atoms with Gasteiger partial charge in [0.15, 0.2) is 24.0 Å². The van der Waals surface area contributed by atoms with Gasteiger partial charge in [0.1, 0.15) is 18.0 Å². The van der Waals surface area contributed by atoms with Gasteiger partial charge in [-0.3, -0.25) is 4.79 Å². The van der Waals surface area contributed by atoms with Crippen LogP contribution in [0.3, 0.4) is 0 Å². The number of hydrogen-bond donors (Lipinski definition) is 0. The van der Waals surface area contributed by atoms with E-state index in [2.05, 4.69) is 0 Å². The van der Waals surface area contributed by atoms with Crippen molar-refractivity contribution in [3.63, 3.8) is 0 Å². The van der Waals surface area contributed by atoms with Crippen molar-refractivity contribution in [1.82, 2.24) is 0 Å². The van der Waals surface area contributed by atoms with Gasteiger partial charge in [0.2, 0.25) is 5.79 Å². The van der Waals surface area contributed by atoms with E-state index >= 15 is 0 Å². The zero-order valence-corrected chi connectivity index (χ0v) is 18.6. The second-order valence-electron chi connectivity index (χ2n) is 9.30. The lowest BCUT2D eigenvalue weighted by Crippen LogP contribution is -2.61. The number of fused-ring (bicyclic) bond motifs is 2. The molecule has 6 atom stereocenters. The fraction of sp³-hybridized carbons (Fsp3) is 0.864. The van der Waals surface area contributed by atoms with Crippen molar-refractivity contribution >= 4 is 5.78 Å². The Kier molecular flexibility index (Phi) is 6.13. The van der Waals surface area contributed by atoms with Gasteiger partial charge in [0, 0.05) is 12.8 Å². The number of Topliss-reactive ketones (excluding diaryl/α,β-unsaturated/α-hetero) is 1. The standard InChI is InChI=1S/C22H34O8/c1-6-7-8-9-14(23)12-15-10-11-24-22(27-15)17(16-13-25-20(2,3)28-16)26-19-18(22)29-21(4,5)30-19/h6-7,15-19H,8-13H2,1-5H3/b7-6+/t15-,16+,17+,18-,19+,22+/m0/s1. The molecule has 4 aliphatic rings. The van der Waals surface area contributed by atoms with Gasteiger partial charge in [-0.2, -0.15) is 0 Å². The average Bonchev–Trinajstić information content (AvgIpc) is 3.25. The zero-order valence-electron chi connectivity index (χ0n) is 18.6. The van der Waals surface area contributed by atoms with Crippen molar-refractivity contribution < 1.29 is 38.0 Å². The Bertz CT molecular complexity index is 674. The monoisotopic (exact) mass is 426 g/mol. The van der Waals surface area contributed by atoms with E-state index < -0.39 is 42.0 Å². The Morgan fingerprint density at radius 1 is 1.00 bits per heavy atom. The summed E-state index contributed by atoms with van der Waals surface area (Å²) < 4.78 is 42.9. The third kappa shape index (κ3) is 4.37. The molecule has 1 spiro atoms. The van der Waals surface area contributed by atoms with E-state index in [-0.39, 0.29) is 11.9 Å². The third-order valence-corrected chi connectivity index (χ3v) is 5.90. The molecule has 0 aromatic carbocycles. The molecule has 30 heavy (non-hydrogen) atoms. The van der Waals surface area contributed by atoms with Gasteiger partial charge >= 0.3 is 0 Å². The highest BCUT2D eigenvalue weighted by atomic mass is 16.9. The first-order chi connectivity index (χ1) is 14.1. The maximum absolute atomic E-state index is 12.5. The van der Waals surface area contributed by atoms with Crippen LogP contribution in [0, 0.1) is 0 Å². The minimum atomic E-state index is -1.21. The molecule has 4 fully saturated rings. The lowest BCUT2D eigenvalue weighted by molar-refractivity contribution is -0.360. The molecule has 0 aromatic rings. The number of ether oxygens (including phenoxy) is 7. The molecular formula is C22H34O8. The minimum Gasteiger partial charge on any atom is -0.348 e. The molecule has 0 unspecified atom stereocenters. The van der Waals surface area contributed by atoms with Crippen molar-refractivity contribution in [2.75, 3.05) is 13.2 Å². The lowest BCUT2D eigenvalue weighted by Gasteiger charge is -2.44. The van der Waals surface area contributed by atoms with Gasteiger partial charge in [-0.05, 0) is 47.5 Å². The Morgan fingerprint density at radius 2 is 1.80 bits per heavy atom. The highest BCUT2D eigenvalue weighted by molar-refractivity contribution is 5.79. The van der Waals surface area contributed by atoms with E-state index in [4.69, 9.17) is 33.2 Å². The topological polar surface area (TPSA) is 81.7 Å². The molecule has 8 heteroatoms. The molecule has 4 saturated heterocycles. The van der Waals surface area contributed by atoms with E-state index in [9.17, 15) is 4.79 Å². The molecule has 0 bridgehead atoms. The predicted molar refractivity (Wildman–Crippen MR) is 105 cm³/mol. The van der Waals surface area contributed by atoms with Gasteiger partial charge in [0.05, 0.1) is 19.3 Å². The van der Waals surface area contributed by atoms with Gasteiger partial charge in [-0.25, -0.2) is 0 Å². The summed E-state index contributed by atoms with van der Waals surface area (Å²) in [6, 6.07) is 0. The summed E-state index contributed by atoms with van der Waals surface area (Å²) in [5.41, 5.74) is 0. The fourth-order valence-electron chi connectivity index (χ4n) is 4.63. The number of hydrogen-bond acceptors (Lipinski definition) is 8. The molecule has 8 nitrogen and oxygen atoms in total. The molecule has 0 aliphatic carbocycles. The van der Waals surface area contributed by atoms with Crippen molar-refractivity contribution in [3.05, 3.63) is 12.2 Å². The summed E-state index contributed by atoms with van der Waals surface area (Å²) >= 11 is 0. The predicted octanol–water partition coefficient (Wildman–Crippen LogP) is 2.83. The van der Waals surface area contributed by atoms with Gasteiger partial charge < -0.3 is 33.2 Å². The molecule has 0 N–H and O–H groups in total. The van der Waals surface area contributed by atoms with Crippen molar-refractivity contribution in [2.24, 2.45) is 0 Å². The Hall–Kier alpha value is -0.870. The smallest absolute Gasteiger partial charge is 0.230 e. The van der Waals surface area contributed by atoms with Crippen LogP contribution in [0.5, 0.6) is 0 Å².